The molecule has 1 amide bonds. The molecule has 2 aromatic rings. The number of nitrogens with zero attached hydrogens (tertiary/aromatic N) is 4. The fourth-order valence-corrected chi connectivity index (χ4v) is 6.93. The third kappa shape index (κ3) is 6.73. The molecule has 2 atom stereocenters. The third-order valence-electron chi connectivity index (χ3n) is 9.61. The zero-order valence-corrected chi connectivity index (χ0v) is 25.5. The summed E-state index contributed by atoms with van der Waals surface area (Å²) in [5.41, 5.74) is 1.97. The second-order valence-electron chi connectivity index (χ2n) is 12.4. The van der Waals surface area contributed by atoms with Crippen molar-refractivity contribution in [3.8, 4) is 0 Å². The molecule has 4 aliphatic rings. The molecule has 3 saturated heterocycles. The van der Waals surface area contributed by atoms with E-state index in [1.54, 1.807) is 13.2 Å². The fraction of sp³-hybridized carbons (Fsp3) is 0.656. The number of piperidine rings is 1. The van der Waals surface area contributed by atoms with Crippen molar-refractivity contribution >= 4 is 11.7 Å². The van der Waals surface area contributed by atoms with Gasteiger partial charge in [-0.15, -0.1) is 0 Å². The van der Waals surface area contributed by atoms with Gasteiger partial charge in [-0.3, -0.25) is 4.79 Å². The number of anilines is 1. The van der Waals surface area contributed by atoms with Crippen LogP contribution in [0, 0.1) is 6.92 Å². The molecule has 0 radical (unpaired) electrons. The number of amides is 1. The van der Waals surface area contributed by atoms with Crippen LogP contribution in [0.25, 0.3) is 0 Å². The van der Waals surface area contributed by atoms with Crippen molar-refractivity contribution in [2.75, 3.05) is 58.1 Å². The predicted octanol–water partition coefficient (Wildman–Crippen LogP) is 4.26. The van der Waals surface area contributed by atoms with Crippen LogP contribution in [0.2, 0.25) is 0 Å². The van der Waals surface area contributed by atoms with Crippen LogP contribution in [-0.2, 0) is 33.4 Å². The number of hydrogen-bond donors (Lipinski definition) is 1. The first-order valence-corrected chi connectivity index (χ1v) is 15.8. The zero-order valence-electron chi connectivity index (χ0n) is 25.5. The van der Waals surface area contributed by atoms with Gasteiger partial charge in [-0.2, -0.15) is 13.2 Å². The lowest BCUT2D eigenvalue weighted by Crippen LogP contribution is -2.54. The van der Waals surface area contributed by atoms with Gasteiger partial charge in [0.25, 0.3) is 5.91 Å². The Balaban J connectivity index is 1.22. The third-order valence-corrected chi connectivity index (χ3v) is 9.61. The molecule has 240 valence electrons. The van der Waals surface area contributed by atoms with E-state index >= 15 is 0 Å². The van der Waals surface area contributed by atoms with Crippen LogP contribution in [0.15, 0.2) is 18.2 Å². The SMILES string of the molecule is COC1COCCC1NC1CCN(C(=O)c2nc(C3CCOCC3)nc(N3CCc4ccc(C(F)(F)F)cc4C3)c2C)CC1. The van der Waals surface area contributed by atoms with Crippen LogP contribution in [0.4, 0.5) is 19.0 Å². The summed E-state index contributed by atoms with van der Waals surface area (Å²) in [7, 11) is 1.71. The zero-order chi connectivity index (χ0) is 30.8. The van der Waals surface area contributed by atoms with Crippen molar-refractivity contribution in [3.05, 3.63) is 52.0 Å². The molecule has 0 spiro atoms. The van der Waals surface area contributed by atoms with Crippen molar-refractivity contribution in [1.82, 2.24) is 20.2 Å². The summed E-state index contributed by atoms with van der Waals surface area (Å²) in [5.74, 6) is 1.20. The van der Waals surface area contributed by atoms with E-state index in [0.717, 1.165) is 43.7 Å². The van der Waals surface area contributed by atoms with Crippen LogP contribution in [0.3, 0.4) is 0 Å². The predicted molar refractivity (Wildman–Crippen MR) is 158 cm³/mol. The van der Waals surface area contributed by atoms with E-state index in [-0.39, 0.29) is 30.0 Å². The minimum absolute atomic E-state index is 0.0240. The minimum atomic E-state index is -4.41. The molecule has 44 heavy (non-hydrogen) atoms. The summed E-state index contributed by atoms with van der Waals surface area (Å²) < 4.78 is 57.2. The van der Waals surface area contributed by atoms with Crippen LogP contribution in [-0.4, -0.2) is 92.1 Å². The second kappa shape index (κ2) is 13.3. The average molecular weight is 618 g/mol. The van der Waals surface area contributed by atoms with E-state index in [9.17, 15) is 18.0 Å². The van der Waals surface area contributed by atoms with Gasteiger partial charge in [0.1, 0.15) is 17.3 Å². The summed E-state index contributed by atoms with van der Waals surface area (Å²) in [5, 5.41) is 3.74. The largest absolute Gasteiger partial charge is 0.416 e. The molecule has 0 aliphatic carbocycles. The highest BCUT2D eigenvalue weighted by Gasteiger charge is 2.34. The van der Waals surface area contributed by atoms with Gasteiger partial charge < -0.3 is 29.3 Å². The number of likely N-dealkylation sites (tertiary alicyclic amines) is 1. The lowest BCUT2D eigenvalue weighted by molar-refractivity contribution is -0.137. The number of methoxy groups -OCH3 is 1. The Labute approximate surface area is 256 Å². The van der Waals surface area contributed by atoms with Gasteiger partial charge in [0.05, 0.1) is 18.3 Å². The highest BCUT2D eigenvalue weighted by atomic mass is 19.4. The van der Waals surface area contributed by atoms with Gasteiger partial charge in [0.15, 0.2) is 0 Å². The average Bonchev–Trinajstić information content (AvgIpc) is 3.04. The van der Waals surface area contributed by atoms with E-state index < -0.39 is 11.7 Å². The number of hydrogen-bond acceptors (Lipinski definition) is 8. The van der Waals surface area contributed by atoms with Crippen LogP contribution in [0.5, 0.6) is 0 Å². The maximum absolute atomic E-state index is 14.0. The van der Waals surface area contributed by atoms with E-state index in [4.69, 9.17) is 24.2 Å². The molecule has 1 N–H and O–H groups in total. The van der Waals surface area contributed by atoms with Gasteiger partial charge in [0, 0.05) is 76.7 Å². The summed E-state index contributed by atoms with van der Waals surface area (Å²) in [6.07, 6.45) is 0.298. The number of carbonyl (C=O) groups is 1. The molecular formula is C32H42F3N5O4. The quantitative estimate of drug-likeness (QED) is 0.515. The van der Waals surface area contributed by atoms with Crippen molar-refractivity contribution < 1.29 is 32.2 Å². The Bertz CT molecular complexity index is 1330. The van der Waals surface area contributed by atoms with Crippen molar-refractivity contribution in [1.29, 1.82) is 0 Å². The van der Waals surface area contributed by atoms with Gasteiger partial charge in [-0.25, -0.2) is 9.97 Å². The highest BCUT2D eigenvalue weighted by Crippen LogP contribution is 2.35. The van der Waals surface area contributed by atoms with E-state index in [2.05, 4.69) is 5.32 Å². The molecule has 0 saturated carbocycles. The monoisotopic (exact) mass is 617 g/mol. The number of carbonyl (C=O) groups excluding carboxylic acids is 1. The first kappa shape index (κ1) is 31.2. The van der Waals surface area contributed by atoms with Gasteiger partial charge in [-0.05, 0) is 68.7 Å². The topological polar surface area (TPSA) is 89.0 Å². The van der Waals surface area contributed by atoms with Crippen LogP contribution >= 0.6 is 0 Å². The Morgan fingerprint density at radius 2 is 1.75 bits per heavy atom. The molecule has 1 aromatic carbocycles. The number of benzene rings is 1. The number of aromatic nitrogens is 2. The standard InChI is InChI=1S/C32H42F3N5O4/c1-20-28(31(41)39-12-6-25(7-13-39)36-26-10-16-44-19-27(26)42-2)37-29(22-8-14-43-15-9-22)38-30(20)40-11-5-21-3-4-24(32(33,34)35)17-23(21)18-40/h3-4,17,22,25-27,36H,5-16,18-19H2,1-2H3. The van der Waals surface area contributed by atoms with Crippen molar-refractivity contribution in [2.45, 2.75) is 82.3 Å². The number of fused-ring (bicyclic) bond motifs is 1. The maximum Gasteiger partial charge on any atom is 0.416 e. The molecule has 9 nitrogen and oxygen atoms in total. The molecular weight excluding hydrogens is 575 g/mol. The summed E-state index contributed by atoms with van der Waals surface area (Å²) in [6.45, 7) is 6.49. The Kier molecular flexibility index (Phi) is 9.42. The van der Waals surface area contributed by atoms with Crippen molar-refractivity contribution in [3.63, 3.8) is 0 Å². The Hall–Kier alpha value is -2.80. The Morgan fingerprint density at radius 1 is 1.00 bits per heavy atom. The number of rotatable bonds is 6. The van der Waals surface area contributed by atoms with Crippen LogP contribution < -0.4 is 10.2 Å². The van der Waals surface area contributed by atoms with E-state index in [1.165, 1.54) is 6.07 Å². The summed E-state index contributed by atoms with van der Waals surface area (Å²) in [4.78, 5) is 27.8. The molecule has 0 bridgehead atoms. The van der Waals surface area contributed by atoms with Crippen molar-refractivity contribution in [2.24, 2.45) is 0 Å². The first-order valence-electron chi connectivity index (χ1n) is 15.8. The van der Waals surface area contributed by atoms with Gasteiger partial charge in [0.2, 0.25) is 0 Å². The lowest BCUT2D eigenvalue weighted by atomic mass is 9.96. The highest BCUT2D eigenvalue weighted by molar-refractivity contribution is 5.95. The summed E-state index contributed by atoms with van der Waals surface area (Å²) in [6, 6.07) is 4.51. The molecule has 5 heterocycles. The normalized spacial score (nSPS) is 23.9. The fourth-order valence-electron chi connectivity index (χ4n) is 6.93. The summed E-state index contributed by atoms with van der Waals surface area (Å²) >= 11 is 0. The molecule has 12 heteroatoms. The maximum atomic E-state index is 14.0. The van der Waals surface area contributed by atoms with Gasteiger partial charge >= 0.3 is 6.18 Å². The Morgan fingerprint density at radius 3 is 2.48 bits per heavy atom. The molecule has 1 aromatic heterocycles. The van der Waals surface area contributed by atoms with Gasteiger partial charge in [-0.1, -0.05) is 6.07 Å². The lowest BCUT2D eigenvalue weighted by Gasteiger charge is -2.38. The number of alkyl halides is 3. The first-order chi connectivity index (χ1) is 21.2. The van der Waals surface area contributed by atoms with E-state index in [0.29, 0.717) is 87.5 Å². The number of ether oxygens (including phenoxy) is 3. The minimum Gasteiger partial charge on any atom is -0.381 e. The number of nitrogens with one attached hydrogen (secondary N) is 1. The number of halogens is 3. The van der Waals surface area contributed by atoms with Crippen LogP contribution in [0.1, 0.15) is 76.6 Å². The molecule has 3 fully saturated rings. The smallest absolute Gasteiger partial charge is 0.381 e. The molecule has 4 aliphatic heterocycles. The van der Waals surface area contributed by atoms with E-state index in [1.807, 2.05) is 16.7 Å². The second-order valence-corrected chi connectivity index (χ2v) is 12.4. The molecule has 2 unspecified atom stereocenters. The molecule has 6 rings (SSSR count).